The van der Waals surface area contributed by atoms with Crippen LogP contribution in [0.2, 0.25) is 0 Å². The van der Waals surface area contributed by atoms with E-state index in [-0.39, 0.29) is 18.4 Å². The van der Waals surface area contributed by atoms with Crippen LogP contribution in [0, 0.1) is 13.8 Å². The Morgan fingerprint density at radius 1 is 1.31 bits per heavy atom. The molecule has 1 saturated heterocycles. The van der Waals surface area contributed by atoms with Gasteiger partial charge in [0.05, 0.1) is 41.3 Å². The molecular formula is C25H32N4O5S. The van der Waals surface area contributed by atoms with Gasteiger partial charge in [0.25, 0.3) is 11.8 Å². The van der Waals surface area contributed by atoms with Crippen molar-refractivity contribution in [2.45, 2.75) is 31.8 Å². The van der Waals surface area contributed by atoms with E-state index in [4.69, 9.17) is 4.74 Å². The van der Waals surface area contributed by atoms with Gasteiger partial charge in [0.15, 0.2) is 0 Å². The molecule has 2 aliphatic heterocycles. The monoisotopic (exact) mass is 500 g/mol. The van der Waals surface area contributed by atoms with Crippen LogP contribution < -0.4 is 10.6 Å². The Morgan fingerprint density at radius 2 is 2.06 bits per heavy atom. The number of nitrogens with zero attached hydrogens (tertiary/aromatic N) is 1. The van der Waals surface area contributed by atoms with Crippen molar-refractivity contribution in [1.82, 2.24) is 15.2 Å². The molecule has 188 valence electrons. The number of amides is 2. The van der Waals surface area contributed by atoms with Crippen molar-refractivity contribution in [2.75, 3.05) is 50.5 Å². The van der Waals surface area contributed by atoms with Crippen molar-refractivity contribution in [3.05, 3.63) is 46.3 Å². The number of carbonyl (C=O) groups excluding carboxylic acids is 2. The van der Waals surface area contributed by atoms with Crippen LogP contribution in [0.4, 0.5) is 5.69 Å². The summed E-state index contributed by atoms with van der Waals surface area (Å²) >= 11 is 0. The van der Waals surface area contributed by atoms with E-state index >= 15 is 0 Å². The zero-order chi connectivity index (χ0) is 25.1. The van der Waals surface area contributed by atoms with E-state index < -0.39 is 16.9 Å². The van der Waals surface area contributed by atoms with Gasteiger partial charge in [-0.05, 0) is 43.7 Å². The summed E-state index contributed by atoms with van der Waals surface area (Å²) in [6, 6.07) is 5.32. The number of fused-ring (bicyclic) bond motifs is 1. The average molecular weight is 501 g/mol. The topological polar surface area (TPSA) is 124 Å². The molecule has 1 fully saturated rings. The number of carbonyl (C=O) groups is 2. The number of aromatic amines is 1. The first-order valence-corrected chi connectivity index (χ1v) is 13.1. The zero-order valence-electron chi connectivity index (χ0n) is 20.3. The van der Waals surface area contributed by atoms with Gasteiger partial charge in [-0.25, -0.2) is 0 Å². The molecule has 4 N–H and O–H groups in total. The Kier molecular flexibility index (Phi) is 7.85. The van der Waals surface area contributed by atoms with Crippen molar-refractivity contribution in [3.8, 4) is 0 Å². The number of nitrogens with one attached hydrogen (secondary N) is 3. The van der Waals surface area contributed by atoms with Crippen LogP contribution in [0.1, 0.15) is 39.8 Å². The Morgan fingerprint density at radius 3 is 2.77 bits per heavy atom. The lowest BCUT2D eigenvalue weighted by Crippen LogP contribution is -2.44. The zero-order valence-corrected chi connectivity index (χ0v) is 21.1. The smallest absolute Gasteiger partial charge is 0.256 e. The summed E-state index contributed by atoms with van der Waals surface area (Å²) < 4.78 is 17.6. The minimum atomic E-state index is -1.13. The number of ether oxygens (including phenoxy) is 1. The molecule has 0 saturated carbocycles. The van der Waals surface area contributed by atoms with Gasteiger partial charge < -0.3 is 25.5 Å². The number of anilines is 1. The van der Waals surface area contributed by atoms with Crippen LogP contribution in [0.15, 0.2) is 23.1 Å². The highest BCUT2D eigenvalue weighted by Crippen LogP contribution is 2.35. The van der Waals surface area contributed by atoms with Crippen LogP contribution in [-0.2, 0) is 20.3 Å². The quantitative estimate of drug-likeness (QED) is 0.409. The number of β-amino-alcohol motifs (C(OH)–C–C–N with tert-alkyl or cyclic N) is 1. The van der Waals surface area contributed by atoms with Crippen molar-refractivity contribution in [1.29, 1.82) is 0 Å². The molecule has 1 aromatic carbocycles. The van der Waals surface area contributed by atoms with Gasteiger partial charge in [0, 0.05) is 59.5 Å². The molecule has 0 spiro atoms. The second kappa shape index (κ2) is 10.9. The first kappa shape index (κ1) is 25.3. The Bertz CT molecular complexity index is 1180. The van der Waals surface area contributed by atoms with Gasteiger partial charge in [-0.15, -0.1) is 0 Å². The van der Waals surface area contributed by atoms with E-state index in [0.717, 1.165) is 13.1 Å². The number of hydrogen-bond acceptors (Lipinski definition) is 6. The number of rotatable bonds is 8. The van der Waals surface area contributed by atoms with Crippen LogP contribution in [-0.4, -0.2) is 82.3 Å². The minimum absolute atomic E-state index is 0.143. The normalized spacial score (nSPS) is 18.9. The number of aliphatic hydroxyl groups is 1. The number of aliphatic hydroxyl groups excluding tert-OH is 1. The van der Waals surface area contributed by atoms with Gasteiger partial charge in [-0.1, -0.05) is 6.92 Å². The van der Waals surface area contributed by atoms with Crippen molar-refractivity contribution in [3.63, 3.8) is 0 Å². The van der Waals surface area contributed by atoms with Gasteiger partial charge in [0.1, 0.15) is 0 Å². The van der Waals surface area contributed by atoms with E-state index in [9.17, 15) is 18.9 Å². The van der Waals surface area contributed by atoms with Gasteiger partial charge in [-0.2, -0.15) is 0 Å². The number of H-pyrrole nitrogens is 1. The van der Waals surface area contributed by atoms with Crippen molar-refractivity contribution < 1.29 is 23.6 Å². The highest BCUT2D eigenvalue weighted by Gasteiger charge is 2.27. The lowest BCUT2D eigenvalue weighted by molar-refractivity contribution is -0.110. The predicted molar refractivity (Wildman–Crippen MR) is 136 cm³/mol. The lowest BCUT2D eigenvalue weighted by Gasteiger charge is -2.28. The summed E-state index contributed by atoms with van der Waals surface area (Å²) in [5.74, 6) is -0.0320. The molecule has 1 aromatic heterocycles. The van der Waals surface area contributed by atoms with Crippen LogP contribution >= 0.6 is 0 Å². The molecule has 4 rings (SSSR count). The Hall–Kier alpha value is -2.79. The number of aryl methyl sites for hydroxylation is 1. The summed E-state index contributed by atoms with van der Waals surface area (Å²) in [5.41, 5.74) is 4.35. The maximum Gasteiger partial charge on any atom is 0.256 e. The fourth-order valence-electron chi connectivity index (χ4n) is 4.47. The van der Waals surface area contributed by atoms with E-state index in [2.05, 4.69) is 20.5 Å². The van der Waals surface area contributed by atoms with Crippen LogP contribution in [0.3, 0.4) is 0 Å². The fraction of sp³-hybridized carbons (Fsp3) is 0.440. The average Bonchev–Trinajstić information content (AvgIpc) is 3.31. The molecular weight excluding hydrogens is 468 g/mol. The van der Waals surface area contributed by atoms with Crippen LogP contribution in [0.5, 0.6) is 0 Å². The van der Waals surface area contributed by atoms with E-state index in [1.165, 1.54) is 0 Å². The maximum atomic E-state index is 12.9. The van der Waals surface area contributed by atoms with Crippen molar-refractivity contribution in [2.24, 2.45) is 0 Å². The minimum Gasteiger partial charge on any atom is -0.390 e. The number of aromatic nitrogens is 1. The summed E-state index contributed by atoms with van der Waals surface area (Å²) in [6.45, 7) is 8.94. The Balaban J connectivity index is 1.50. The molecule has 2 aliphatic rings. The summed E-state index contributed by atoms with van der Waals surface area (Å²) in [7, 11) is -1.13. The molecule has 0 aliphatic carbocycles. The molecule has 10 heteroatoms. The fourth-order valence-corrected chi connectivity index (χ4v) is 5.27. The van der Waals surface area contributed by atoms with E-state index in [1.54, 1.807) is 31.2 Å². The summed E-state index contributed by atoms with van der Waals surface area (Å²) in [4.78, 5) is 31.6. The van der Waals surface area contributed by atoms with Gasteiger partial charge >= 0.3 is 0 Å². The first-order chi connectivity index (χ1) is 16.8. The predicted octanol–water partition coefficient (Wildman–Crippen LogP) is 1.67. The molecule has 2 atom stereocenters. The highest BCUT2D eigenvalue weighted by atomic mass is 32.2. The summed E-state index contributed by atoms with van der Waals surface area (Å²) in [6.07, 6.45) is 1.05. The van der Waals surface area contributed by atoms with E-state index in [0.29, 0.717) is 69.7 Å². The number of benzene rings is 1. The second-order valence-electron chi connectivity index (χ2n) is 8.79. The Labute approximate surface area is 207 Å². The largest absolute Gasteiger partial charge is 0.390 e. The van der Waals surface area contributed by atoms with E-state index in [1.807, 2.05) is 13.8 Å². The second-order valence-corrected chi connectivity index (χ2v) is 10.5. The highest BCUT2D eigenvalue weighted by molar-refractivity contribution is 7.85. The molecule has 2 aromatic rings. The first-order valence-electron chi connectivity index (χ1n) is 11.8. The lowest BCUT2D eigenvalue weighted by atomic mass is 10.0. The molecule has 2 unspecified atom stereocenters. The third-order valence-corrected chi connectivity index (χ3v) is 7.67. The van der Waals surface area contributed by atoms with Gasteiger partial charge in [-0.3, -0.25) is 18.7 Å². The SMILES string of the molecule is CCS(=O)c1ccc2c(c1)C(=Cc1[nH]c(C)c(C(=O)NCC(O)CN3CCOCC3)c1C)C(=O)N2. The summed E-state index contributed by atoms with van der Waals surface area (Å²) in [5, 5.41) is 16.0. The molecule has 0 radical (unpaired) electrons. The molecule has 3 heterocycles. The van der Waals surface area contributed by atoms with Crippen molar-refractivity contribution >= 4 is 40.0 Å². The van der Waals surface area contributed by atoms with Gasteiger partial charge in [0.2, 0.25) is 0 Å². The standard InChI is InChI=1S/C25H32N4O5S/c1-4-35(33)18-5-6-21-19(11-18)20(24(31)28-21)12-22-15(2)23(16(3)27-22)25(32)26-13-17(30)14-29-7-9-34-10-8-29/h5-6,11-12,17,27,30H,4,7-10,13-14H2,1-3H3,(H,26,32)(H,28,31). The molecule has 35 heavy (non-hydrogen) atoms. The third kappa shape index (κ3) is 5.56. The number of morpholine rings is 1. The number of hydrogen-bond donors (Lipinski definition) is 4. The van der Waals surface area contributed by atoms with Crippen LogP contribution in [0.25, 0.3) is 11.6 Å². The maximum absolute atomic E-state index is 12.9. The molecule has 2 amide bonds. The molecule has 9 nitrogen and oxygen atoms in total. The molecule has 0 bridgehead atoms. The third-order valence-electron chi connectivity index (χ3n) is 6.36.